The maximum absolute atomic E-state index is 12.4. The molecule has 32 heavy (non-hydrogen) atoms. The molecule has 7 nitrogen and oxygen atoms in total. The minimum Gasteiger partial charge on any atom is -0.491 e. The van der Waals surface area contributed by atoms with Crippen molar-refractivity contribution in [2.24, 2.45) is 0 Å². The van der Waals surface area contributed by atoms with Crippen LogP contribution in [0.1, 0.15) is 39.7 Å². The van der Waals surface area contributed by atoms with E-state index in [0.717, 1.165) is 34.7 Å². The molecule has 0 aliphatic heterocycles. The van der Waals surface area contributed by atoms with Gasteiger partial charge in [0.2, 0.25) is 15.9 Å². The number of hydrogen-bond donors (Lipinski definition) is 1. The lowest BCUT2D eigenvalue weighted by Crippen LogP contribution is -2.40. The molecule has 2 aromatic rings. The van der Waals surface area contributed by atoms with Gasteiger partial charge in [-0.2, -0.15) is 0 Å². The SMILES string of the molecule is CC(C)Oc1ccc(N(CC(=O)NCCCc2cccc(OC(C)C)c2)S(C)(=O)=O)cc1. The Morgan fingerprint density at radius 3 is 2.19 bits per heavy atom. The number of hydrogen-bond acceptors (Lipinski definition) is 5. The third kappa shape index (κ3) is 8.78. The van der Waals surface area contributed by atoms with Crippen molar-refractivity contribution >= 4 is 21.6 Å². The van der Waals surface area contributed by atoms with Crippen molar-refractivity contribution in [3.8, 4) is 11.5 Å². The average molecular weight is 463 g/mol. The number of rotatable bonds is 12. The van der Waals surface area contributed by atoms with Crippen LogP contribution < -0.4 is 19.1 Å². The number of benzene rings is 2. The lowest BCUT2D eigenvalue weighted by atomic mass is 10.1. The summed E-state index contributed by atoms with van der Waals surface area (Å²) in [6, 6.07) is 14.6. The van der Waals surface area contributed by atoms with Crippen LogP contribution in [0.5, 0.6) is 11.5 Å². The maximum Gasteiger partial charge on any atom is 0.240 e. The molecule has 0 aliphatic carbocycles. The van der Waals surface area contributed by atoms with Gasteiger partial charge in [-0.3, -0.25) is 9.10 Å². The van der Waals surface area contributed by atoms with Crippen molar-refractivity contribution in [3.05, 3.63) is 54.1 Å². The fraction of sp³-hybridized carbons (Fsp3) is 0.458. The summed E-state index contributed by atoms with van der Waals surface area (Å²) in [6.07, 6.45) is 2.73. The van der Waals surface area contributed by atoms with Gasteiger partial charge >= 0.3 is 0 Å². The van der Waals surface area contributed by atoms with E-state index in [1.165, 1.54) is 0 Å². The van der Waals surface area contributed by atoms with Crippen LogP contribution in [0.15, 0.2) is 48.5 Å². The summed E-state index contributed by atoms with van der Waals surface area (Å²) >= 11 is 0. The molecule has 0 unspecified atom stereocenters. The first-order valence-electron chi connectivity index (χ1n) is 10.8. The van der Waals surface area contributed by atoms with E-state index in [2.05, 4.69) is 5.32 Å². The molecule has 8 heteroatoms. The van der Waals surface area contributed by atoms with E-state index < -0.39 is 10.0 Å². The molecule has 0 atom stereocenters. The normalized spacial score (nSPS) is 11.5. The van der Waals surface area contributed by atoms with Crippen LogP contribution in [0.3, 0.4) is 0 Å². The second-order valence-electron chi connectivity index (χ2n) is 8.20. The van der Waals surface area contributed by atoms with Crippen LogP contribution in [0.4, 0.5) is 5.69 Å². The lowest BCUT2D eigenvalue weighted by molar-refractivity contribution is -0.119. The molecule has 0 aliphatic rings. The van der Waals surface area contributed by atoms with Crippen LogP contribution in [0, 0.1) is 0 Å². The molecule has 2 aromatic carbocycles. The predicted molar refractivity (Wildman–Crippen MR) is 128 cm³/mol. The highest BCUT2D eigenvalue weighted by atomic mass is 32.2. The second kappa shape index (κ2) is 11.8. The zero-order valence-electron chi connectivity index (χ0n) is 19.5. The van der Waals surface area contributed by atoms with Crippen LogP contribution in [0.25, 0.3) is 0 Å². The number of amides is 1. The third-order valence-electron chi connectivity index (χ3n) is 4.42. The summed E-state index contributed by atoms with van der Waals surface area (Å²) in [5, 5.41) is 2.81. The van der Waals surface area contributed by atoms with Crippen molar-refractivity contribution in [3.63, 3.8) is 0 Å². The first kappa shape index (κ1) is 25.5. The number of nitrogens with zero attached hydrogens (tertiary/aromatic N) is 1. The predicted octanol–water partition coefficient (Wildman–Crippen LogP) is 3.78. The van der Waals surface area contributed by atoms with Gasteiger partial charge in [-0.25, -0.2) is 8.42 Å². The van der Waals surface area contributed by atoms with Crippen molar-refractivity contribution in [1.82, 2.24) is 5.32 Å². The molecular weight excluding hydrogens is 428 g/mol. The maximum atomic E-state index is 12.4. The molecule has 0 aromatic heterocycles. The molecular formula is C24H34N2O5S. The number of carbonyl (C=O) groups is 1. The molecule has 1 N–H and O–H groups in total. The van der Waals surface area contributed by atoms with Gasteiger partial charge in [0, 0.05) is 6.54 Å². The van der Waals surface area contributed by atoms with Gasteiger partial charge in [-0.05, 0) is 82.5 Å². The standard InChI is InChI=1S/C24H34N2O5S/c1-18(2)30-22-13-11-21(12-14-22)26(32(5,28)29)17-24(27)25-15-7-9-20-8-6-10-23(16-20)31-19(3)4/h6,8,10-14,16,18-19H,7,9,15,17H2,1-5H3,(H,25,27). The zero-order chi connectivity index (χ0) is 23.7. The van der Waals surface area contributed by atoms with E-state index in [1.54, 1.807) is 24.3 Å². The third-order valence-corrected chi connectivity index (χ3v) is 5.56. The molecule has 0 saturated carbocycles. The molecule has 2 rings (SSSR count). The second-order valence-corrected chi connectivity index (χ2v) is 10.1. The van der Waals surface area contributed by atoms with Crippen molar-refractivity contribution < 1.29 is 22.7 Å². The Morgan fingerprint density at radius 1 is 0.969 bits per heavy atom. The quantitative estimate of drug-likeness (QED) is 0.485. The average Bonchev–Trinajstić information content (AvgIpc) is 2.69. The fourth-order valence-electron chi connectivity index (χ4n) is 3.12. The Labute approximate surface area is 191 Å². The minimum absolute atomic E-state index is 0.0165. The van der Waals surface area contributed by atoms with E-state index in [-0.39, 0.29) is 24.7 Å². The monoisotopic (exact) mass is 462 g/mol. The summed E-state index contributed by atoms with van der Waals surface area (Å²) in [6.45, 7) is 7.97. The largest absolute Gasteiger partial charge is 0.491 e. The Bertz CT molecular complexity index is 972. The van der Waals surface area contributed by atoms with Crippen LogP contribution >= 0.6 is 0 Å². The van der Waals surface area contributed by atoms with Crippen LogP contribution in [-0.4, -0.2) is 45.9 Å². The zero-order valence-corrected chi connectivity index (χ0v) is 20.3. The van der Waals surface area contributed by atoms with Crippen molar-refractivity contribution in [2.45, 2.75) is 52.7 Å². The highest BCUT2D eigenvalue weighted by Gasteiger charge is 2.20. The summed E-state index contributed by atoms with van der Waals surface area (Å²) in [4.78, 5) is 12.4. The molecule has 1 amide bonds. The topological polar surface area (TPSA) is 84.9 Å². The smallest absolute Gasteiger partial charge is 0.240 e. The molecule has 0 heterocycles. The van der Waals surface area contributed by atoms with E-state index in [0.29, 0.717) is 18.0 Å². The van der Waals surface area contributed by atoms with Crippen molar-refractivity contribution in [2.75, 3.05) is 23.7 Å². The minimum atomic E-state index is -3.62. The fourth-order valence-corrected chi connectivity index (χ4v) is 3.97. The molecule has 0 spiro atoms. The van der Waals surface area contributed by atoms with Gasteiger partial charge in [0.15, 0.2) is 0 Å². The number of carbonyl (C=O) groups excluding carboxylic acids is 1. The summed E-state index contributed by atoms with van der Waals surface area (Å²) in [5.74, 6) is 1.12. The van der Waals surface area contributed by atoms with E-state index >= 15 is 0 Å². The molecule has 0 radical (unpaired) electrons. The van der Waals surface area contributed by atoms with Crippen LogP contribution in [-0.2, 0) is 21.2 Å². The Kier molecular flexibility index (Phi) is 9.38. The molecule has 0 saturated heterocycles. The molecule has 0 fully saturated rings. The summed E-state index contributed by atoms with van der Waals surface area (Å²) in [5.41, 5.74) is 1.54. The van der Waals surface area contributed by atoms with Gasteiger partial charge in [-0.15, -0.1) is 0 Å². The number of nitrogens with one attached hydrogen (secondary N) is 1. The number of aryl methyl sites for hydroxylation is 1. The number of sulfonamides is 1. The van der Waals surface area contributed by atoms with Gasteiger partial charge in [-0.1, -0.05) is 12.1 Å². The summed E-state index contributed by atoms with van der Waals surface area (Å²) < 4.78 is 36.9. The van der Waals surface area contributed by atoms with Crippen molar-refractivity contribution in [1.29, 1.82) is 0 Å². The highest BCUT2D eigenvalue weighted by molar-refractivity contribution is 7.92. The molecule has 0 bridgehead atoms. The lowest BCUT2D eigenvalue weighted by Gasteiger charge is -2.22. The van der Waals surface area contributed by atoms with Gasteiger partial charge in [0.1, 0.15) is 18.0 Å². The number of anilines is 1. The first-order chi connectivity index (χ1) is 15.0. The van der Waals surface area contributed by atoms with E-state index in [4.69, 9.17) is 9.47 Å². The van der Waals surface area contributed by atoms with Crippen LogP contribution in [0.2, 0.25) is 0 Å². The Hall–Kier alpha value is -2.74. The number of ether oxygens (including phenoxy) is 2. The Morgan fingerprint density at radius 2 is 1.59 bits per heavy atom. The van der Waals surface area contributed by atoms with Gasteiger partial charge < -0.3 is 14.8 Å². The molecule has 176 valence electrons. The van der Waals surface area contributed by atoms with E-state index in [1.807, 2.05) is 52.0 Å². The summed E-state index contributed by atoms with van der Waals surface area (Å²) in [7, 11) is -3.62. The van der Waals surface area contributed by atoms with Gasteiger partial charge in [0.25, 0.3) is 0 Å². The first-order valence-corrected chi connectivity index (χ1v) is 12.7. The highest BCUT2D eigenvalue weighted by Crippen LogP contribution is 2.22. The van der Waals surface area contributed by atoms with E-state index in [9.17, 15) is 13.2 Å². The van der Waals surface area contributed by atoms with Gasteiger partial charge in [0.05, 0.1) is 24.2 Å². The Balaban J connectivity index is 1.89.